The number of carbonyl (C=O) groups is 2. The van der Waals surface area contributed by atoms with Crippen LogP contribution in [0.25, 0.3) is 16.8 Å². The van der Waals surface area contributed by atoms with Gasteiger partial charge in [-0.1, -0.05) is 13.8 Å². The standard InChI is InChI=1S/C32H40F2N8O3/c1-17(2)38-29(43)21-8-9-22(33)26(27(21)34)24-10-7-20-15-37-30(42(20)40-24)39-25-16-36-12-11-32(25,4)19-13-18(3)28(23(35)14-19)41(5)31(44)45-6/h7-10,12,15-19,23,28H,11,13-14,35H2,1-6H3,(H,37,39)(H,38,43). The molecular weight excluding hydrogens is 582 g/mol. The van der Waals surface area contributed by atoms with Gasteiger partial charge in [-0.05, 0) is 69.2 Å². The maximum atomic E-state index is 15.6. The number of benzene rings is 1. The Morgan fingerprint density at radius 3 is 2.64 bits per heavy atom. The predicted octanol–water partition coefficient (Wildman–Crippen LogP) is 4.99. The Morgan fingerprint density at radius 1 is 1.20 bits per heavy atom. The van der Waals surface area contributed by atoms with Crippen LogP contribution in [0.2, 0.25) is 0 Å². The molecule has 1 aromatic carbocycles. The first kappa shape index (κ1) is 32.0. The number of amides is 2. The fourth-order valence-electron chi connectivity index (χ4n) is 6.74. The zero-order valence-corrected chi connectivity index (χ0v) is 26.3. The SMILES string of the molecule is COC(=O)N(C)C1C(C)CC(C2(C)CC=NC=C2Nc2ncc3ccc(-c4c(F)ccc(C(=O)NC(C)C)c4F)nn23)CC1N. The van der Waals surface area contributed by atoms with Crippen LogP contribution in [-0.4, -0.2) is 70.0 Å². The smallest absolute Gasteiger partial charge is 0.409 e. The summed E-state index contributed by atoms with van der Waals surface area (Å²) in [6.45, 7) is 7.76. The number of aromatic nitrogens is 3. The molecule has 0 radical (unpaired) electrons. The minimum Gasteiger partial charge on any atom is -0.453 e. The Kier molecular flexibility index (Phi) is 8.92. The number of fused-ring (bicyclic) bond motifs is 1. The van der Waals surface area contributed by atoms with Gasteiger partial charge in [0.2, 0.25) is 5.95 Å². The van der Waals surface area contributed by atoms with E-state index in [0.29, 0.717) is 24.3 Å². The second-order valence-electron chi connectivity index (χ2n) is 12.6. The van der Waals surface area contributed by atoms with Gasteiger partial charge >= 0.3 is 6.09 Å². The third-order valence-corrected chi connectivity index (χ3v) is 9.13. The maximum Gasteiger partial charge on any atom is 0.409 e. The lowest BCUT2D eigenvalue weighted by molar-refractivity contribution is 0.0460. The highest BCUT2D eigenvalue weighted by Gasteiger charge is 2.47. The lowest BCUT2D eigenvalue weighted by Gasteiger charge is -2.49. The fraction of sp³-hybridized carbons (Fsp3) is 0.469. The van der Waals surface area contributed by atoms with Crippen molar-refractivity contribution in [1.82, 2.24) is 24.8 Å². The van der Waals surface area contributed by atoms with Crippen LogP contribution < -0.4 is 16.4 Å². The lowest BCUT2D eigenvalue weighted by Crippen LogP contribution is -2.57. The summed E-state index contributed by atoms with van der Waals surface area (Å²) in [6, 6.07) is 4.69. The van der Waals surface area contributed by atoms with Gasteiger partial charge in [0.1, 0.15) is 11.6 Å². The van der Waals surface area contributed by atoms with E-state index in [1.165, 1.54) is 17.7 Å². The molecule has 11 nitrogen and oxygen atoms in total. The van der Waals surface area contributed by atoms with Crippen molar-refractivity contribution < 1.29 is 23.1 Å². The molecule has 240 valence electrons. The second-order valence-corrected chi connectivity index (χ2v) is 12.6. The van der Waals surface area contributed by atoms with E-state index in [2.05, 4.69) is 39.6 Å². The molecule has 1 fully saturated rings. The molecule has 0 spiro atoms. The number of nitrogens with two attached hydrogens (primary N) is 1. The molecule has 45 heavy (non-hydrogen) atoms. The normalized spacial score (nSPS) is 24.8. The van der Waals surface area contributed by atoms with Crippen molar-refractivity contribution >= 4 is 29.7 Å². The monoisotopic (exact) mass is 622 g/mol. The minimum atomic E-state index is -0.995. The number of ether oxygens (including phenoxy) is 1. The Labute approximate surface area is 260 Å². The van der Waals surface area contributed by atoms with Crippen LogP contribution in [0.5, 0.6) is 0 Å². The molecule has 0 saturated heterocycles. The molecule has 1 aliphatic heterocycles. The van der Waals surface area contributed by atoms with Crippen molar-refractivity contribution in [3.8, 4) is 11.3 Å². The number of aliphatic imine (C=N–C) groups is 1. The van der Waals surface area contributed by atoms with Crippen molar-refractivity contribution in [3.63, 3.8) is 0 Å². The van der Waals surface area contributed by atoms with E-state index in [9.17, 15) is 9.59 Å². The summed E-state index contributed by atoms with van der Waals surface area (Å²) < 4.78 is 37.0. The number of anilines is 1. The van der Waals surface area contributed by atoms with Crippen LogP contribution in [0.15, 0.2) is 47.4 Å². The van der Waals surface area contributed by atoms with Gasteiger partial charge in [-0.2, -0.15) is 9.61 Å². The molecule has 1 aliphatic carbocycles. The topological polar surface area (TPSA) is 139 Å². The van der Waals surface area contributed by atoms with E-state index >= 15 is 8.78 Å². The van der Waals surface area contributed by atoms with Gasteiger partial charge < -0.3 is 26.0 Å². The van der Waals surface area contributed by atoms with Crippen LogP contribution in [0.1, 0.15) is 57.3 Å². The van der Waals surface area contributed by atoms with Crippen LogP contribution in [0.4, 0.5) is 19.5 Å². The Balaban J connectivity index is 1.45. The molecule has 0 bridgehead atoms. The van der Waals surface area contributed by atoms with Gasteiger partial charge in [0.15, 0.2) is 0 Å². The number of allylic oxidation sites excluding steroid dienone is 1. The van der Waals surface area contributed by atoms with Crippen LogP contribution in [0, 0.1) is 28.9 Å². The zero-order chi connectivity index (χ0) is 32.6. The largest absolute Gasteiger partial charge is 0.453 e. The minimum absolute atomic E-state index is 0.00370. The Hall–Kier alpha value is -4.39. The van der Waals surface area contributed by atoms with E-state index in [4.69, 9.17) is 10.5 Å². The molecule has 3 heterocycles. The maximum absolute atomic E-state index is 15.6. The first-order valence-electron chi connectivity index (χ1n) is 15.0. The van der Waals surface area contributed by atoms with E-state index in [0.717, 1.165) is 24.3 Å². The number of likely N-dealkylation sites (N-methyl/N-ethyl adjacent to an activating group) is 1. The summed E-state index contributed by atoms with van der Waals surface area (Å²) >= 11 is 0. The molecule has 1 saturated carbocycles. The first-order chi connectivity index (χ1) is 21.3. The average molecular weight is 623 g/mol. The van der Waals surface area contributed by atoms with Gasteiger partial charge in [0.25, 0.3) is 5.91 Å². The molecule has 4 N–H and O–H groups in total. The third kappa shape index (κ3) is 6.00. The Morgan fingerprint density at radius 2 is 1.96 bits per heavy atom. The summed E-state index contributed by atoms with van der Waals surface area (Å²) in [5.74, 6) is -1.88. The summed E-state index contributed by atoms with van der Waals surface area (Å²) in [6.07, 6.45) is 6.96. The highest BCUT2D eigenvalue weighted by Crippen LogP contribution is 2.48. The average Bonchev–Trinajstić information content (AvgIpc) is 3.39. The van der Waals surface area contributed by atoms with Gasteiger partial charge in [-0.25, -0.2) is 18.6 Å². The van der Waals surface area contributed by atoms with Crippen LogP contribution in [-0.2, 0) is 4.74 Å². The highest BCUT2D eigenvalue weighted by molar-refractivity contribution is 5.96. The molecule has 2 aromatic heterocycles. The summed E-state index contributed by atoms with van der Waals surface area (Å²) in [5.41, 5.74) is 7.01. The first-order valence-corrected chi connectivity index (χ1v) is 15.0. The molecular formula is C32H40F2N8O3. The summed E-state index contributed by atoms with van der Waals surface area (Å²) in [4.78, 5) is 35.4. The number of nitrogens with one attached hydrogen (secondary N) is 2. The molecule has 3 aromatic rings. The lowest BCUT2D eigenvalue weighted by atomic mass is 9.61. The third-order valence-electron chi connectivity index (χ3n) is 9.13. The molecule has 5 unspecified atom stereocenters. The molecule has 5 rings (SSSR count). The summed E-state index contributed by atoms with van der Waals surface area (Å²) in [7, 11) is 3.08. The molecule has 13 heteroatoms. The number of rotatable bonds is 7. The second kappa shape index (κ2) is 12.5. The van der Waals surface area contributed by atoms with Crippen molar-refractivity contribution in [2.45, 2.75) is 65.1 Å². The molecule has 5 atom stereocenters. The van der Waals surface area contributed by atoms with Crippen molar-refractivity contribution in [1.29, 1.82) is 0 Å². The number of halogens is 2. The van der Waals surface area contributed by atoms with Gasteiger partial charge in [-0.3, -0.25) is 9.79 Å². The van der Waals surface area contributed by atoms with E-state index in [1.54, 1.807) is 44.3 Å². The van der Waals surface area contributed by atoms with Crippen molar-refractivity contribution in [3.05, 3.63) is 59.6 Å². The van der Waals surface area contributed by atoms with Crippen molar-refractivity contribution in [2.75, 3.05) is 19.5 Å². The number of nitrogens with zero attached hydrogens (tertiary/aromatic N) is 5. The molecule has 2 amide bonds. The van der Waals surface area contributed by atoms with Gasteiger partial charge in [-0.15, -0.1) is 0 Å². The van der Waals surface area contributed by atoms with Crippen LogP contribution in [0.3, 0.4) is 0 Å². The number of hydrogen-bond donors (Lipinski definition) is 3. The van der Waals surface area contributed by atoms with E-state index in [1.807, 2.05) is 6.21 Å². The fourth-order valence-corrected chi connectivity index (χ4v) is 6.74. The predicted molar refractivity (Wildman–Crippen MR) is 168 cm³/mol. The number of carbonyl (C=O) groups excluding carboxylic acids is 2. The number of imidazole rings is 1. The quantitative estimate of drug-likeness (QED) is 0.338. The van der Waals surface area contributed by atoms with Gasteiger partial charge in [0, 0.05) is 42.7 Å². The zero-order valence-electron chi connectivity index (χ0n) is 26.3. The van der Waals surface area contributed by atoms with Crippen molar-refractivity contribution in [2.24, 2.45) is 28.0 Å². The number of hydrogen-bond acceptors (Lipinski definition) is 8. The Bertz CT molecular complexity index is 1660. The summed E-state index contributed by atoms with van der Waals surface area (Å²) in [5, 5.41) is 10.6. The van der Waals surface area contributed by atoms with E-state index < -0.39 is 34.6 Å². The van der Waals surface area contributed by atoms with Crippen LogP contribution >= 0.6 is 0 Å². The highest BCUT2D eigenvalue weighted by atomic mass is 19.1. The van der Waals surface area contributed by atoms with Gasteiger partial charge in [0.05, 0.1) is 41.7 Å². The number of methoxy groups -OCH3 is 1. The molecule has 2 aliphatic rings. The van der Waals surface area contributed by atoms with E-state index in [-0.39, 0.29) is 41.2 Å².